The van der Waals surface area contributed by atoms with Crippen molar-refractivity contribution in [2.45, 2.75) is 51.4 Å². The van der Waals surface area contributed by atoms with Crippen LogP contribution in [-0.2, 0) is 0 Å². The normalized spacial score (nSPS) is 15.5. The van der Waals surface area contributed by atoms with E-state index >= 15 is 0 Å². The Balaban J connectivity index is 1.69. The predicted molar refractivity (Wildman–Crippen MR) is 90.4 cm³/mol. The molecule has 4 nitrogen and oxygen atoms in total. The summed E-state index contributed by atoms with van der Waals surface area (Å²) in [4.78, 5) is 11.9. The van der Waals surface area contributed by atoms with Crippen LogP contribution in [0.2, 0.25) is 0 Å². The van der Waals surface area contributed by atoms with Gasteiger partial charge in [0.1, 0.15) is 0 Å². The van der Waals surface area contributed by atoms with E-state index in [2.05, 4.69) is 34.7 Å². The molecule has 0 spiro atoms. The summed E-state index contributed by atoms with van der Waals surface area (Å²) in [5, 5.41) is 6.67. The third-order valence-corrected chi connectivity index (χ3v) is 4.55. The van der Waals surface area contributed by atoms with Gasteiger partial charge in [-0.25, -0.2) is 0 Å². The van der Waals surface area contributed by atoms with Gasteiger partial charge < -0.3 is 9.84 Å². The van der Waals surface area contributed by atoms with E-state index in [-0.39, 0.29) is 5.91 Å². The number of carbonyl (C=O) groups excluding carboxylic acids is 1. The molecule has 3 rings (SSSR count). The number of aromatic nitrogens is 1. The lowest BCUT2D eigenvalue weighted by Gasteiger charge is -2.21. The number of hydrogen-bond acceptors (Lipinski definition) is 3. The molecule has 1 aromatic heterocycles. The van der Waals surface area contributed by atoms with E-state index in [0.717, 1.165) is 12.0 Å². The predicted octanol–water partition coefficient (Wildman–Crippen LogP) is 4.53. The Labute approximate surface area is 137 Å². The van der Waals surface area contributed by atoms with E-state index in [1.807, 2.05) is 6.92 Å². The van der Waals surface area contributed by atoms with Crippen molar-refractivity contribution in [3.63, 3.8) is 0 Å². The topological polar surface area (TPSA) is 55.1 Å². The van der Waals surface area contributed by atoms with Gasteiger partial charge in [-0.1, -0.05) is 55.6 Å². The van der Waals surface area contributed by atoms with Crippen LogP contribution >= 0.6 is 0 Å². The summed E-state index contributed by atoms with van der Waals surface area (Å²) in [6.07, 6.45) is 7.54. The maximum absolute atomic E-state index is 11.9. The summed E-state index contributed by atoms with van der Waals surface area (Å²) >= 11 is 0. The first-order chi connectivity index (χ1) is 11.3. The molecule has 23 heavy (non-hydrogen) atoms. The van der Waals surface area contributed by atoms with Gasteiger partial charge in [-0.05, 0) is 30.7 Å². The zero-order valence-corrected chi connectivity index (χ0v) is 13.7. The van der Waals surface area contributed by atoms with Crippen molar-refractivity contribution in [2.24, 2.45) is 0 Å². The molecule has 0 aliphatic heterocycles. The first-order valence-corrected chi connectivity index (χ1v) is 8.63. The first-order valence-electron chi connectivity index (χ1n) is 8.63. The third kappa shape index (κ3) is 3.81. The standard InChI is InChI=1S/C19H24N2O2/c1-2-12-20-19(22)17-13-18(23-21-17)16-10-8-15(9-11-16)14-6-4-3-5-7-14/h8-11,13-14H,2-7,12H2,1H3,(H,20,22). The van der Waals surface area contributed by atoms with Gasteiger partial charge >= 0.3 is 0 Å². The van der Waals surface area contributed by atoms with Crippen LogP contribution in [0.5, 0.6) is 0 Å². The molecule has 122 valence electrons. The number of nitrogens with one attached hydrogen (secondary N) is 1. The zero-order valence-electron chi connectivity index (χ0n) is 13.7. The Kier molecular flexibility index (Phi) is 5.11. The van der Waals surface area contributed by atoms with Crippen LogP contribution in [-0.4, -0.2) is 17.6 Å². The van der Waals surface area contributed by atoms with Gasteiger partial charge in [-0.2, -0.15) is 0 Å². The van der Waals surface area contributed by atoms with Gasteiger partial charge in [0.25, 0.3) is 5.91 Å². The smallest absolute Gasteiger partial charge is 0.273 e. The quantitative estimate of drug-likeness (QED) is 0.882. The van der Waals surface area contributed by atoms with E-state index in [1.54, 1.807) is 6.07 Å². The minimum absolute atomic E-state index is 0.180. The van der Waals surface area contributed by atoms with E-state index in [0.29, 0.717) is 23.9 Å². The van der Waals surface area contributed by atoms with E-state index in [4.69, 9.17) is 4.52 Å². The third-order valence-electron chi connectivity index (χ3n) is 4.55. The molecule has 0 unspecified atom stereocenters. The number of carbonyl (C=O) groups is 1. The van der Waals surface area contributed by atoms with Gasteiger partial charge in [-0.15, -0.1) is 0 Å². The van der Waals surface area contributed by atoms with Crippen molar-refractivity contribution in [1.82, 2.24) is 10.5 Å². The van der Waals surface area contributed by atoms with E-state index in [9.17, 15) is 4.79 Å². The van der Waals surface area contributed by atoms with E-state index < -0.39 is 0 Å². The van der Waals surface area contributed by atoms with Crippen molar-refractivity contribution >= 4 is 5.91 Å². The lowest BCUT2D eigenvalue weighted by molar-refractivity contribution is 0.0944. The Morgan fingerprint density at radius 3 is 2.65 bits per heavy atom. The Morgan fingerprint density at radius 1 is 1.22 bits per heavy atom. The van der Waals surface area contributed by atoms with Gasteiger partial charge in [0, 0.05) is 18.2 Å². The van der Waals surface area contributed by atoms with Crippen LogP contribution in [0.1, 0.15) is 67.4 Å². The number of benzene rings is 1. The second-order valence-corrected chi connectivity index (χ2v) is 6.29. The fraction of sp³-hybridized carbons (Fsp3) is 0.474. The molecule has 0 bridgehead atoms. The maximum atomic E-state index is 11.9. The van der Waals surface area contributed by atoms with Crippen molar-refractivity contribution < 1.29 is 9.32 Å². The van der Waals surface area contributed by atoms with Crippen LogP contribution in [0.25, 0.3) is 11.3 Å². The van der Waals surface area contributed by atoms with Gasteiger partial charge in [0.2, 0.25) is 0 Å². The molecule has 4 heteroatoms. The number of hydrogen-bond donors (Lipinski definition) is 1. The monoisotopic (exact) mass is 312 g/mol. The molecule has 1 aromatic carbocycles. The van der Waals surface area contributed by atoms with Crippen molar-refractivity contribution in [3.8, 4) is 11.3 Å². The zero-order chi connectivity index (χ0) is 16.1. The summed E-state index contributed by atoms with van der Waals surface area (Å²) in [7, 11) is 0. The average molecular weight is 312 g/mol. The second kappa shape index (κ2) is 7.44. The SMILES string of the molecule is CCCNC(=O)c1cc(-c2ccc(C3CCCCC3)cc2)on1. The van der Waals surface area contributed by atoms with Crippen LogP contribution in [0.4, 0.5) is 0 Å². The van der Waals surface area contributed by atoms with Gasteiger partial charge in [-0.3, -0.25) is 4.79 Å². The number of nitrogens with zero attached hydrogens (tertiary/aromatic N) is 1. The molecule has 0 radical (unpaired) electrons. The maximum Gasteiger partial charge on any atom is 0.273 e. The molecule has 1 saturated carbocycles. The first kappa shape index (κ1) is 15.8. The number of rotatable bonds is 5. The Morgan fingerprint density at radius 2 is 1.96 bits per heavy atom. The molecule has 1 heterocycles. The Hall–Kier alpha value is -2.10. The molecule has 1 aliphatic carbocycles. The summed E-state index contributed by atoms with van der Waals surface area (Å²) in [6.45, 7) is 2.67. The Bertz CT molecular complexity index is 640. The molecular formula is C19H24N2O2. The van der Waals surface area contributed by atoms with Crippen LogP contribution in [0, 0.1) is 0 Å². The van der Waals surface area contributed by atoms with Crippen molar-refractivity contribution in [2.75, 3.05) is 6.54 Å². The molecule has 1 aliphatic rings. The summed E-state index contributed by atoms with van der Waals surface area (Å²) < 4.78 is 5.33. The fourth-order valence-corrected chi connectivity index (χ4v) is 3.20. The van der Waals surface area contributed by atoms with Crippen molar-refractivity contribution in [3.05, 3.63) is 41.6 Å². The lowest BCUT2D eigenvalue weighted by atomic mass is 9.84. The summed E-state index contributed by atoms with van der Waals surface area (Å²) in [5.41, 5.74) is 2.71. The molecule has 1 amide bonds. The molecule has 2 aromatic rings. The largest absolute Gasteiger partial charge is 0.355 e. The molecule has 1 fully saturated rings. The highest BCUT2D eigenvalue weighted by Crippen LogP contribution is 2.33. The lowest BCUT2D eigenvalue weighted by Crippen LogP contribution is -2.24. The molecule has 0 atom stereocenters. The van der Waals surface area contributed by atoms with Gasteiger partial charge in [0.15, 0.2) is 11.5 Å². The van der Waals surface area contributed by atoms with Crippen LogP contribution in [0.15, 0.2) is 34.9 Å². The fourth-order valence-electron chi connectivity index (χ4n) is 3.20. The average Bonchev–Trinajstić information content (AvgIpc) is 3.11. The highest BCUT2D eigenvalue weighted by Gasteiger charge is 2.16. The van der Waals surface area contributed by atoms with Crippen LogP contribution in [0.3, 0.4) is 0 Å². The summed E-state index contributed by atoms with van der Waals surface area (Å²) in [5.74, 6) is 1.16. The van der Waals surface area contributed by atoms with Crippen molar-refractivity contribution in [1.29, 1.82) is 0 Å². The summed E-state index contributed by atoms with van der Waals surface area (Å²) in [6, 6.07) is 10.2. The van der Waals surface area contributed by atoms with Crippen LogP contribution < -0.4 is 5.32 Å². The minimum Gasteiger partial charge on any atom is -0.355 e. The second-order valence-electron chi connectivity index (χ2n) is 6.29. The highest BCUT2D eigenvalue weighted by atomic mass is 16.5. The highest BCUT2D eigenvalue weighted by molar-refractivity contribution is 5.93. The van der Waals surface area contributed by atoms with E-state index in [1.165, 1.54) is 37.7 Å². The molecule has 1 N–H and O–H groups in total. The molecule has 0 saturated heterocycles. The molecular weight excluding hydrogens is 288 g/mol. The minimum atomic E-state index is -0.180. The number of amides is 1. The van der Waals surface area contributed by atoms with Gasteiger partial charge in [0.05, 0.1) is 0 Å².